The van der Waals surface area contributed by atoms with Gasteiger partial charge in [0, 0.05) is 7.11 Å². The number of methoxy groups -OCH3 is 1. The molecule has 2 rings (SSSR count). The first-order valence-corrected chi connectivity index (χ1v) is 8.31. The van der Waals surface area contributed by atoms with Gasteiger partial charge in [-0.1, -0.05) is 48.5 Å². The largest absolute Gasteiger partial charge is 0.480 e. The van der Waals surface area contributed by atoms with Crippen LogP contribution in [0, 0.1) is 0 Å². The minimum absolute atomic E-state index is 0.00373. The number of carboxylic acid groups (broad SMARTS) is 1. The van der Waals surface area contributed by atoms with Crippen LogP contribution in [0.2, 0.25) is 0 Å². The first-order chi connectivity index (χ1) is 11.0. The van der Waals surface area contributed by atoms with Gasteiger partial charge in [0.15, 0.2) is 0 Å². The summed E-state index contributed by atoms with van der Waals surface area (Å²) in [6, 6.07) is 13.1. The predicted octanol–water partition coefficient (Wildman–Crippen LogP) is 1.94. The summed E-state index contributed by atoms with van der Waals surface area (Å²) in [6.07, 6.45) is 0. The van der Waals surface area contributed by atoms with Crippen molar-refractivity contribution in [3.8, 4) is 0 Å². The van der Waals surface area contributed by atoms with E-state index in [4.69, 9.17) is 4.74 Å². The number of hydrogen-bond donors (Lipinski definition) is 2. The highest BCUT2D eigenvalue weighted by Gasteiger charge is 2.28. The molecule has 0 bridgehead atoms. The Hall–Kier alpha value is -2.22. The van der Waals surface area contributed by atoms with Crippen molar-refractivity contribution in [3.05, 3.63) is 65.7 Å². The summed E-state index contributed by atoms with van der Waals surface area (Å²) in [5.41, 5.74) is 0.812. The minimum Gasteiger partial charge on any atom is -0.480 e. The number of ether oxygens (including phenoxy) is 1. The first kappa shape index (κ1) is 17.1. The highest BCUT2D eigenvalue weighted by Crippen LogP contribution is 2.20. The van der Waals surface area contributed by atoms with Crippen molar-refractivity contribution in [3.63, 3.8) is 0 Å². The Morgan fingerprint density at radius 3 is 2.35 bits per heavy atom. The van der Waals surface area contributed by atoms with Crippen molar-refractivity contribution in [1.29, 1.82) is 0 Å². The molecule has 0 unspecified atom stereocenters. The summed E-state index contributed by atoms with van der Waals surface area (Å²) < 4.78 is 32.4. The second-order valence-corrected chi connectivity index (χ2v) is 6.53. The molecule has 2 aromatic carbocycles. The van der Waals surface area contributed by atoms with E-state index in [0.717, 1.165) is 0 Å². The second kappa shape index (κ2) is 7.36. The lowest BCUT2D eigenvalue weighted by Gasteiger charge is -2.17. The molecule has 0 saturated carbocycles. The molecule has 2 N–H and O–H groups in total. The molecule has 122 valence electrons. The van der Waals surface area contributed by atoms with Crippen LogP contribution in [0.25, 0.3) is 0 Å². The van der Waals surface area contributed by atoms with E-state index >= 15 is 0 Å². The quantitative estimate of drug-likeness (QED) is 0.806. The SMILES string of the molecule is COCc1ccccc1S(=O)(=O)N[C@H](C(=O)O)c1ccccc1. The van der Waals surface area contributed by atoms with Gasteiger partial charge in [-0.2, -0.15) is 4.72 Å². The van der Waals surface area contributed by atoms with Crippen molar-refractivity contribution >= 4 is 16.0 Å². The third kappa shape index (κ3) is 4.16. The molecule has 0 aliphatic heterocycles. The Balaban J connectivity index is 2.38. The average Bonchev–Trinajstić information content (AvgIpc) is 2.54. The summed E-state index contributed by atoms with van der Waals surface area (Å²) in [6.45, 7) is 0.111. The fourth-order valence-electron chi connectivity index (χ4n) is 2.17. The first-order valence-electron chi connectivity index (χ1n) is 6.82. The van der Waals surface area contributed by atoms with Crippen LogP contribution in [0.3, 0.4) is 0 Å². The molecule has 1 atom stereocenters. The van der Waals surface area contributed by atoms with Crippen molar-refractivity contribution < 1.29 is 23.1 Å². The summed E-state index contributed by atoms with van der Waals surface area (Å²) in [5, 5.41) is 9.36. The molecule has 0 amide bonds. The van der Waals surface area contributed by atoms with Gasteiger partial charge in [0.05, 0.1) is 11.5 Å². The number of sulfonamides is 1. The van der Waals surface area contributed by atoms with Crippen molar-refractivity contribution in [2.24, 2.45) is 0 Å². The molecular formula is C16H17NO5S. The van der Waals surface area contributed by atoms with E-state index in [1.165, 1.54) is 13.2 Å². The van der Waals surface area contributed by atoms with Gasteiger partial charge in [-0.05, 0) is 17.2 Å². The monoisotopic (exact) mass is 335 g/mol. The van der Waals surface area contributed by atoms with Crippen LogP contribution < -0.4 is 4.72 Å². The number of hydrogen-bond acceptors (Lipinski definition) is 4. The number of carbonyl (C=O) groups is 1. The maximum absolute atomic E-state index is 12.6. The lowest BCUT2D eigenvalue weighted by molar-refractivity contribution is -0.139. The fraction of sp³-hybridized carbons (Fsp3) is 0.188. The van der Waals surface area contributed by atoms with Gasteiger partial charge in [0.2, 0.25) is 10.0 Å². The molecule has 6 nitrogen and oxygen atoms in total. The smallest absolute Gasteiger partial charge is 0.326 e. The molecular weight excluding hydrogens is 318 g/mol. The van der Waals surface area contributed by atoms with E-state index in [1.54, 1.807) is 48.5 Å². The molecule has 0 aliphatic rings. The molecule has 2 aromatic rings. The topological polar surface area (TPSA) is 92.7 Å². The Bertz CT molecular complexity index is 774. The van der Waals surface area contributed by atoms with Crippen LogP contribution >= 0.6 is 0 Å². The summed E-state index contributed by atoms with van der Waals surface area (Å²) >= 11 is 0. The van der Waals surface area contributed by atoms with Crippen LogP contribution in [0.15, 0.2) is 59.5 Å². The fourth-order valence-corrected chi connectivity index (χ4v) is 3.57. The summed E-state index contributed by atoms with van der Waals surface area (Å²) in [5.74, 6) is -1.27. The van der Waals surface area contributed by atoms with Crippen molar-refractivity contribution in [2.75, 3.05) is 7.11 Å². The molecule has 0 aliphatic carbocycles. The Kier molecular flexibility index (Phi) is 5.49. The number of rotatable bonds is 7. The van der Waals surface area contributed by atoms with Gasteiger partial charge in [0.1, 0.15) is 6.04 Å². The molecule has 0 spiro atoms. The van der Waals surface area contributed by atoms with E-state index in [0.29, 0.717) is 11.1 Å². The molecule has 23 heavy (non-hydrogen) atoms. The van der Waals surface area contributed by atoms with E-state index in [1.807, 2.05) is 0 Å². The molecule has 7 heteroatoms. The zero-order valence-electron chi connectivity index (χ0n) is 12.5. The summed E-state index contributed by atoms with van der Waals surface area (Å²) in [4.78, 5) is 11.5. The Morgan fingerprint density at radius 2 is 1.74 bits per heavy atom. The lowest BCUT2D eigenvalue weighted by Crippen LogP contribution is -2.34. The minimum atomic E-state index is -4.02. The maximum Gasteiger partial charge on any atom is 0.326 e. The van der Waals surface area contributed by atoms with Crippen LogP contribution in [0.4, 0.5) is 0 Å². The standard InChI is InChI=1S/C16H17NO5S/c1-22-11-13-9-5-6-10-14(13)23(20,21)17-15(16(18)19)12-7-3-2-4-8-12/h2-10,15,17H,11H2,1H3,(H,18,19)/t15-/m0/s1. The van der Waals surface area contributed by atoms with Gasteiger partial charge in [0.25, 0.3) is 0 Å². The zero-order chi connectivity index (χ0) is 16.9. The van der Waals surface area contributed by atoms with Crippen LogP contribution in [-0.2, 0) is 26.2 Å². The van der Waals surface area contributed by atoms with E-state index in [-0.39, 0.29) is 11.5 Å². The van der Waals surface area contributed by atoms with Gasteiger partial charge in [-0.15, -0.1) is 0 Å². The van der Waals surface area contributed by atoms with Crippen LogP contribution in [-0.4, -0.2) is 26.6 Å². The number of nitrogens with one attached hydrogen (secondary N) is 1. The van der Waals surface area contributed by atoms with Crippen molar-refractivity contribution in [2.45, 2.75) is 17.5 Å². The molecule has 0 aromatic heterocycles. The van der Waals surface area contributed by atoms with Crippen LogP contribution in [0.5, 0.6) is 0 Å². The normalized spacial score (nSPS) is 12.7. The predicted molar refractivity (Wildman–Crippen MR) is 84.3 cm³/mol. The van der Waals surface area contributed by atoms with Gasteiger partial charge in [-0.25, -0.2) is 8.42 Å². The molecule has 0 fully saturated rings. The second-order valence-electron chi connectivity index (χ2n) is 4.84. The van der Waals surface area contributed by atoms with Gasteiger partial charge in [-0.3, -0.25) is 4.79 Å². The molecule has 0 saturated heterocycles. The van der Waals surface area contributed by atoms with Crippen LogP contribution in [0.1, 0.15) is 17.2 Å². The third-order valence-corrected chi connectivity index (χ3v) is 4.74. The summed E-state index contributed by atoms with van der Waals surface area (Å²) in [7, 11) is -2.56. The maximum atomic E-state index is 12.6. The zero-order valence-corrected chi connectivity index (χ0v) is 13.3. The van der Waals surface area contributed by atoms with Crippen molar-refractivity contribution in [1.82, 2.24) is 4.72 Å². The van der Waals surface area contributed by atoms with E-state index < -0.39 is 22.0 Å². The third-order valence-electron chi connectivity index (χ3n) is 3.21. The van der Waals surface area contributed by atoms with Gasteiger partial charge < -0.3 is 9.84 Å². The van der Waals surface area contributed by atoms with E-state index in [9.17, 15) is 18.3 Å². The Labute approximate surface area is 134 Å². The number of benzene rings is 2. The van der Waals surface area contributed by atoms with E-state index in [2.05, 4.69) is 4.72 Å². The molecule has 0 heterocycles. The number of aliphatic carboxylic acids is 1. The number of carboxylic acids is 1. The lowest BCUT2D eigenvalue weighted by atomic mass is 10.1. The Morgan fingerprint density at radius 1 is 1.13 bits per heavy atom. The average molecular weight is 335 g/mol. The molecule has 0 radical (unpaired) electrons. The highest BCUT2D eigenvalue weighted by molar-refractivity contribution is 7.89. The highest BCUT2D eigenvalue weighted by atomic mass is 32.2. The van der Waals surface area contributed by atoms with Gasteiger partial charge >= 0.3 is 5.97 Å².